The van der Waals surface area contributed by atoms with E-state index in [1.54, 1.807) is 31.3 Å². The third kappa shape index (κ3) is 4.06. The number of amides is 1. The molecular weight excluding hydrogens is 446 g/mol. The lowest BCUT2D eigenvalue weighted by Gasteiger charge is -2.08. The molecule has 1 amide bonds. The van der Waals surface area contributed by atoms with Crippen molar-refractivity contribution in [3.63, 3.8) is 0 Å². The molecule has 0 bridgehead atoms. The van der Waals surface area contributed by atoms with Gasteiger partial charge in [0.15, 0.2) is 5.82 Å². The van der Waals surface area contributed by atoms with Gasteiger partial charge in [-0.25, -0.2) is 9.37 Å². The maximum absolute atomic E-state index is 13.8. The van der Waals surface area contributed by atoms with Crippen LogP contribution in [0.15, 0.2) is 41.0 Å². The van der Waals surface area contributed by atoms with E-state index in [0.29, 0.717) is 27.0 Å². The molecule has 26 heavy (non-hydrogen) atoms. The first-order valence-electron chi connectivity index (χ1n) is 7.45. The number of carbonyl (C=O) groups is 1. The van der Waals surface area contributed by atoms with Crippen molar-refractivity contribution in [3.8, 4) is 0 Å². The first kappa shape index (κ1) is 18.8. The molecule has 0 spiro atoms. The molecule has 0 fully saturated rings. The molecule has 0 aliphatic carbocycles. The number of nitrogens with zero attached hydrogens (tertiary/aromatic N) is 3. The number of pyridine rings is 1. The zero-order valence-electron chi connectivity index (χ0n) is 13.4. The Morgan fingerprint density at radius 1 is 1.35 bits per heavy atom. The molecule has 1 N–H and O–H groups in total. The standard InChI is InChI=1S/C17H12BrCl2FN4O/c1-9-11(6-14(19)22-15(9)20)17(26)23-16-12(18)8-25(24-16)7-10-4-2-3-5-13(10)21/h2-6,8H,7H2,1H3,(H,23,24,26). The fourth-order valence-electron chi connectivity index (χ4n) is 2.32. The Hall–Kier alpha value is -1.96. The summed E-state index contributed by atoms with van der Waals surface area (Å²) in [5.74, 6) is -0.443. The number of nitrogens with one attached hydrogen (secondary N) is 1. The van der Waals surface area contributed by atoms with Crippen molar-refractivity contribution >= 4 is 50.9 Å². The summed E-state index contributed by atoms with van der Waals surface area (Å²) in [5.41, 5.74) is 1.30. The Labute approximate surface area is 167 Å². The van der Waals surface area contributed by atoms with E-state index in [4.69, 9.17) is 23.2 Å². The normalized spacial score (nSPS) is 10.8. The number of anilines is 1. The van der Waals surface area contributed by atoms with Gasteiger partial charge in [0.1, 0.15) is 16.1 Å². The first-order valence-corrected chi connectivity index (χ1v) is 9.00. The number of rotatable bonds is 4. The highest BCUT2D eigenvalue weighted by Gasteiger charge is 2.17. The predicted octanol–water partition coefficient (Wildman–Crippen LogP) is 5.10. The predicted molar refractivity (Wildman–Crippen MR) is 102 cm³/mol. The highest BCUT2D eigenvalue weighted by atomic mass is 79.9. The van der Waals surface area contributed by atoms with E-state index in [9.17, 15) is 9.18 Å². The summed E-state index contributed by atoms with van der Waals surface area (Å²) in [7, 11) is 0. The van der Waals surface area contributed by atoms with Crippen molar-refractivity contribution in [2.75, 3.05) is 5.32 Å². The Morgan fingerprint density at radius 3 is 2.81 bits per heavy atom. The van der Waals surface area contributed by atoms with Crippen LogP contribution in [0.1, 0.15) is 21.5 Å². The van der Waals surface area contributed by atoms with Gasteiger partial charge in [-0.3, -0.25) is 9.48 Å². The summed E-state index contributed by atoms with van der Waals surface area (Å²) in [6.07, 6.45) is 1.65. The van der Waals surface area contributed by atoms with E-state index < -0.39 is 5.91 Å². The number of benzene rings is 1. The van der Waals surface area contributed by atoms with Crippen LogP contribution in [0.25, 0.3) is 0 Å². The second kappa shape index (κ2) is 7.73. The Morgan fingerprint density at radius 2 is 2.08 bits per heavy atom. The smallest absolute Gasteiger partial charge is 0.257 e. The highest BCUT2D eigenvalue weighted by molar-refractivity contribution is 9.10. The van der Waals surface area contributed by atoms with Crippen LogP contribution in [0.5, 0.6) is 0 Å². The van der Waals surface area contributed by atoms with Gasteiger partial charge in [-0.15, -0.1) is 0 Å². The minimum Gasteiger partial charge on any atom is -0.304 e. The van der Waals surface area contributed by atoms with Gasteiger partial charge in [0.05, 0.1) is 11.0 Å². The molecule has 0 aliphatic rings. The van der Waals surface area contributed by atoms with Crippen LogP contribution in [0, 0.1) is 12.7 Å². The second-order valence-electron chi connectivity index (χ2n) is 5.48. The summed E-state index contributed by atoms with van der Waals surface area (Å²) >= 11 is 15.2. The van der Waals surface area contributed by atoms with Gasteiger partial charge in [-0.1, -0.05) is 41.4 Å². The number of hydrogen-bond donors (Lipinski definition) is 1. The molecule has 0 unspecified atom stereocenters. The van der Waals surface area contributed by atoms with Crippen molar-refractivity contribution in [2.24, 2.45) is 0 Å². The monoisotopic (exact) mass is 456 g/mol. The van der Waals surface area contributed by atoms with Crippen LogP contribution in [-0.4, -0.2) is 20.7 Å². The average Bonchev–Trinajstić information content (AvgIpc) is 2.92. The maximum atomic E-state index is 13.8. The van der Waals surface area contributed by atoms with E-state index >= 15 is 0 Å². The van der Waals surface area contributed by atoms with Gasteiger partial charge in [0, 0.05) is 17.3 Å². The van der Waals surface area contributed by atoms with Gasteiger partial charge in [0.25, 0.3) is 5.91 Å². The quantitative estimate of drug-likeness (QED) is 0.554. The Bertz CT molecular complexity index is 993. The summed E-state index contributed by atoms with van der Waals surface area (Å²) in [4.78, 5) is 16.4. The van der Waals surface area contributed by atoms with Crippen molar-refractivity contribution in [1.82, 2.24) is 14.8 Å². The molecule has 0 radical (unpaired) electrons. The third-order valence-corrected chi connectivity index (χ3v) is 4.81. The lowest BCUT2D eigenvalue weighted by atomic mass is 10.1. The Kier molecular flexibility index (Phi) is 5.60. The topological polar surface area (TPSA) is 59.8 Å². The summed E-state index contributed by atoms with van der Waals surface area (Å²) in [6, 6.07) is 7.86. The van der Waals surface area contributed by atoms with Gasteiger partial charge >= 0.3 is 0 Å². The van der Waals surface area contributed by atoms with E-state index in [1.165, 1.54) is 16.8 Å². The number of carbonyl (C=O) groups excluding carboxylic acids is 1. The molecule has 3 rings (SSSR count). The molecule has 9 heteroatoms. The van der Waals surface area contributed by atoms with Gasteiger partial charge in [-0.05, 0) is 40.5 Å². The van der Waals surface area contributed by atoms with Gasteiger partial charge < -0.3 is 5.32 Å². The molecule has 2 heterocycles. The van der Waals surface area contributed by atoms with Crippen LogP contribution in [0.4, 0.5) is 10.2 Å². The van der Waals surface area contributed by atoms with Crippen molar-refractivity contribution < 1.29 is 9.18 Å². The average molecular weight is 458 g/mol. The van der Waals surface area contributed by atoms with Crippen LogP contribution >= 0.6 is 39.1 Å². The largest absolute Gasteiger partial charge is 0.304 e. The molecule has 3 aromatic rings. The highest BCUT2D eigenvalue weighted by Crippen LogP contribution is 2.25. The number of aromatic nitrogens is 3. The molecule has 0 aliphatic heterocycles. The summed E-state index contributed by atoms with van der Waals surface area (Å²) < 4.78 is 15.9. The van der Waals surface area contributed by atoms with Crippen LogP contribution in [0.3, 0.4) is 0 Å². The lowest BCUT2D eigenvalue weighted by Crippen LogP contribution is -2.15. The van der Waals surface area contributed by atoms with E-state index in [-0.39, 0.29) is 22.7 Å². The van der Waals surface area contributed by atoms with Crippen molar-refractivity contribution in [3.05, 3.63) is 73.8 Å². The molecule has 0 saturated heterocycles. The third-order valence-electron chi connectivity index (χ3n) is 3.67. The first-order chi connectivity index (χ1) is 12.3. The zero-order valence-corrected chi connectivity index (χ0v) is 16.5. The van der Waals surface area contributed by atoms with Gasteiger partial charge in [0.2, 0.25) is 0 Å². The van der Waals surface area contributed by atoms with E-state index in [2.05, 4.69) is 31.3 Å². The molecule has 2 aromatic heterocycles. The summed E-state index contributed by atoms with van der Waals surface area (Å²) in [5, 5.41) is 7.24. The van der Waals surface area contributed by atoms with E-state index in [1.807, 2.05) is 0 Å². The van der Waals surface area contributed by atoms with Crippen molar-refractivity contribution in [2.45, 2.75) is 13.5 Å². The maximum Gasteiger partial charge on any atom is 0.257 e. The van der Waals surface area contributed by atoms with Crippen LogP contribution in [-0.2, 0) is 6.54 Å². The minimum absolute atomic E-state index is 0.120. The number of hydrogen-bond acceptors (Lipinski definition) is 3. The van der Waals surface area contributed by atoms with Crippen LogP contribution in [0.2, 0.25) is 10.3 Å². The Balaban J connectivity index is 1.82. The molecule has 1 aromatic carbocycles. The van der Waals surface area contributed by atoms with Crippen LogP contribution < -0.4 is 5.32 Å². The lowest BCUT2D eigenvalue weighted by molar-refractivity contribution is 0.102. The number of halogens is 4. The fraction of sp³-hybridized carbons (Fsp3) is 0.118. The molecular formula is C17H12BrCl2FN4O. The molecule has 0 atom stereocenters. The van der Waals surface area contributed by atoms with Crippen molar-refractivity contribution in [1.29, 1.82) is 0 Å². The summed E-state index contributed by atoms with van der Waals surface area (Å²) in [6.45, 7) is 1.90. The molecule has 134 valence electrons. The fourth-order valence-corrected chi connectivity index (χ4v) is 3.17. The molecule has 0 saturated carbocycles. The SMILES string of the molecule is Cc1c(C(=O)Nc2nn(Cc3ccccc3F)cc2Br)cc(Cl)nc1Cl. The minimum atomic E-state index is -0.425. The van der Waals surface area contributed by atoms with Gasteiger partial charge in [-0.2, -0.15) is 5.10 Å². The second-order valence-corrected chi connectivity index (χ2v) is 7.08. The zero-order chi connectivity index (χ0) is 18.8. The van der Waals surface area contributed by atoms with E-state index in [0.717, 1.165) is 0 Å². The molecule has 5 nitrogen and oxygen atoms in total.